The first kappa shape index (κ1) is 15.7. The molecule has 0 unspecified atom stereocenters. The number of aromatic nitrogens is 1. The summed E-state index contributed by atoms with van der Waals surface area (Å²) in [5, 5.41) is 7.01. The Morgan fingerprint density at radius 3 is 2.78 bits per heavy atom. The molecule has 1 aliphatic rings. The van der Waals surface area contributed by atoms with Crippen molar-refractivity contribution in [1.29, 1.82) is 0 Å². The molecule has 1 aromatic heterocycles. The molecule has 3 rings (SSSR count). The number of benzene rings is 1. The van der Waals surface area contributed by atoms with Gasteiger partial charge in [-0.1, -0.05) is 11.2 Å². The van der Waals surface area contributed by atoms with Crippen molar-refractivity contribution in [3.05, 3.63) is 52.2 Å². The van der Waals surface area contributed by atoms with Gasteiger partial charge in [0.1, 0.15) is 11.6 Å². The Labute approximate surface area is 135 Å². The average molecular weight is 316 g/mol. The van der Waals surface area contributed by atoms with E-state index in [4.69, 9.17) is 4.52 Å². The molecule has 122 valence electrons. The summed E-state index contributed by atoms with van der Waals surface area (Å²) in [6, 6.07) is 4.65. The summed E-state index contributed by atoms with van der Waals surface area (Å²) in [6.07, 6.45) is 1.65. The van der Waals surface area contributed by atoms with E-state index in [2.05, 4.69) is 10.5 Å². The fraction of sp³-hybridized carbons (Fsp3) is 0.444. The lowest BCUT2D eigenvalue weighted by molar-refractivity contribution is -0.126. The number of rotatable bonds is 3. The second-order valence-electron chi connectivity index (χ2n) is 6.73. The number of aryl methyl sites for hydroxylation is 3. The van der Waals surface area contributed by atoms with Gasteiger partial charge in [-0.25, -0.2) is 4.39 Å². The lowest BCUT2D eigenvalue weighted by Crippen LogP contribution is -2.42. The summed E-state index contributed by atoms with van der Waals surface area (Å²) in [7, 11) is 0. The lowest BCUT2D eigenvalue weighted by Gasteiger charge is -2.26. The lowest BCUT2D eigenvalue weighted by atomic mass is 9.82. The Morgan fingerprint density at radius 2 is 2.13 bits per heavy atom. The second kappa shape index (κ2) is 5.48. The smallest absolute Gasteiger partial charge is 0.230 e. The molecule has 5 heteroatoms. The molecule has 0 aliphatic heterocycles. The fourth-order valence-corrected chi connectivity index (χ4v) is 3.55. The molecule has 2 aromatic rings. The first-order valence-corrected chi connectivity index (χ1v) is 7.83. The van der Waals surface area contributed by atoms with Crippen molar-refractivity contribution in [1.82, 2.24) is 10.5 Å². The molecule has 1 aromatic carbocycles. The van der Waals surface area contributed by atoms with E-state index in [1.807, 2.05) is 27.7 Å². The van der Waals surface area contributed by atoms with Crippen molar-refractivity contribution in [3.8, 4) is 0 Å². The monoisotopic (exact) mass is 316 g/mol. The van der Waals surface area contributed by atoms with Gasteiger partial charge in [-0.3, -0.25) is 4.79 Å². The Kier molecular flexibility index (Phi) is 3.74. The number of carbonyl (C=O) groups excluding carboxylic acids is 1. The van der Waals surface area contributed by atoms with E-state index in [1.165, 1.54) is 12.1 Å². The largest absolute Gasteiger partial charge is 0.361 e. The normalized spacial score (nSPS) is 17.2. The first-order valence-electron chi connectivity index (χ1n) is 7.83. The minimum absolute atomic E-state index is 0.103. The van der Waals surface area contributed by atoms with Crippen molar-refractivity contribution in [2.24, 2.45) is 0 Å². The van der Waals surface area contributed by atoms with Crippen LogP contribution >= 0.6 is 0 Å². The third-order valence-electron chi connectivity index (χ3n) is 4.72. The van der Waals surface area contributed by atoms with Gasteiger partial charge in [0.05, 0.1) is 17.2 Å². The summed E-state index contributed by atoms with van der Waals surface area (Å²) in [5.41, 5.74) is 2.76. The van der Waals surface area contributed by atoms with Crippen LogP contribution in [0.25, 0.3) is 0 Å². The summed E-state index contributed by atoms with van der Waals surface area (Å²) in [5.74, 6) is 0.282. The number of hydrogen-bond acceptors (Lipinski definition) is 3. The fourth-order valence-electron chi connectivity index (χ4n) is 3.55. The van der Waals surface area contributed by atoms with E-state index < -0.39 is 5.41 Å². The summed E-state index contributed by atoms with van der Waals surface area (Å²) >= 11 is 0. The molecule has 0 saturated carbocycles. The number of halogens is 1. The number of amides is 1. The van der Waals surface area contributed by atoms with Crippen LogP contribution < -0.4 is 5.32 Å². The molecule has 1 atom stereocenters. The summed E-state index contributed by atoms with van der Waals surface area (Å²) in [4.78, 5) is 12.8. The maximum absolute atomic E-state index is 13.5. The van der Waals surface area contributed by atoms with Crippen molar-refractivity contribution in [2.45, 2.75) is 52.0 Å². The van der Waals surface area contributed by atoms with Crippen LogP contribution in [-0.2, 0) is 16.6 Å². The van der Waals surface area contributed by atoms with Gasteiger partial charge < -0.3 is 9.84 Å². The standard InChI is InChI=1S/C18H21FN2O2/c1-10-16(11(2)23-21-10)18(3,4)17(22)20-15-8-6-12-5-7-13(19)9-14(12)15/h5,7,9,15H,6,8H2,1-4H3,(H,20,22)/t15-/m1/s1. The van der Waals surface area contributed by atoms with Gasteiger partial charge >= 0.3 is 0 Å². The van der Waals surface area contributed by atoms with E-state index >= 15 is 0 Å². The van der Waals surface area contributed by atoms with Gasteiger partial charge in [0.15, 0.2) is 0 Å². The zero-order valence-electron chi connectivity index (χ0n) is 13.9. The minimum atomic E-state index is -0.760. The Bertz CT molecular complexity index is 745. The van der Waals surface area contributed by atoms with E-state index in [-0.39, 0.29) is 17.8 Å². The number of hydrogen-bond donors (Lipinski definition) is 1. The highest BCUT2D eigenvalue weighted by Gasteiger charge is 2.37. The highest BCUT2D eigenvalue weighted by Crippen LogP contribution is 2.34. The van der Waals surface area contributed by atoms with Gasteiger partial charge in [-0.2, -0.15) is 0 Å². The highest BCUT2D eigenvalue weighted by molar-refractivity contribution is 5.88. The van der Waals surface area contributed by atoms with Crippen LogP contribution in [0, 0.1) is 19.7 Å². The molecule has 1 heterocycles. The summed E-state index contributed by atoms with van der Waals surface area (Å²) in [6.45, 7) is 7.36. The minimum Gasteiger partial charge on any atom is -0.361 e. The maximum Gasteiger partial charge on any atom is 0.230 e. The van der Waals surface area contributed by atoms with Gasteiger partial charge in [-0.05, 0) is 63.8 Å². The number of fused-ring (bicyclic) bond motifs is 1. The Hall–Kier alpha value is -2.17. The van der Waals surface area contributed by atoms with Crippen molar-refractivity contribution < 1.29 is 13.7 Å². The van der Waals surface area contributed by atoms with Crippen LogP contribution in [0.4, 0.5) is 4.39 Å². The third kappa shape index (κ3) is 2.64. The molecule has 0 spiro atoms. The van der Waals surface area contributed by atoms with Gasteiger partial charge in [0.2, 0.25) is 5.91 Å². The average Bonchev–Trinajstić information content (AvgIpc) is 3.03. The molecule has 0 fully saturated rings. The van der Waals surface area contributed by atoms with Crippen LogP contribution in [0.2, 0.25) is 0 Å². The molecule has 23 heavy (non-hydrogen) atoms. The molecule has 4 nitrogen and oxygen atoms in total. The second-order valence-corrected chi connectivity index (χ2v) is 6.73. The molecule has 0 saturated heterocycles. The predicted octanol–water partition coefficient (Wildman–Crippen LogP) is 3.51. The molecular weight excluding hydrogens is 295 g/mol. The molecule has 0 radical (unpaired) electrons. The highest BCUT2D eigenvalue weighted by atomic mass is 19.1. The van der Waals surface area contributed by atoms with E-state index in [9.17, 15) is 9.18 Å². The van der Waals surface area contributed by atoms with E-state index in [0.29, 0.717) is 5.76 Å². The zero-order chi connectivity index (χ0) is 16.8. The molecule has 1 aliphatic carbocycles. The Balaban J connectivity index is 1.85. The SMILES string of the molecule is Cc1noc(C)c1C(C)(C)C(=O)N[C@@H]1CCc2ccc(F)cc21. The van der Waals surface area contributed by atoms with Crippen LogP contribution in [0.1, 0.15) is 54.5 Å². The summed E-state index contributed by atoms with van der Waals surface area (Å²) < 4.78 is 18.7. The Morgan fingerprint density at radius 1 is 1.39 bits per heavy atom. The van der Waals surface area contributed by atoms with Crippen LogP contribution in [0.3, 0.4) is 0 Å². The van der Waals surface area contributed by atoms with Gasteiger partial charge in [0, 0.05) is 5.56 Å². The van der Waals surface area contributed by atoms with E-state index in [1.54, 1.807) is 6.07 Å². The van der Waals surface area contributed by atoms with Gasteiger partial charge in [-0.15, -0.1) is 0 Å². The molecule has 1 N–H and O–H groups in total. The quantitative estimate of drug-likeness (QED) is 0.942. The van der Waals surface area contributed by atoms with Gasteiger partial charge in [0.25, 0.3) is 0 Å². The zero-order valence-corrected chi connectivity index (χ0v) is 13.9. The van der Waals surface area contributed by atoms with Crippen molar-refractivity contribution in [3.63, 3.8) is 0 Å². The molecule has 1 amide bonds. The topological polar surface area (TPSA) is 55.1 Å². The van der Waals surface area contributed by atoms with Crippen LogP contribution in [0.5, 0.6) is 0 Å². The van der Waals surface area contributed by atoms with Crippen molar-refractivity contribution in [2.75, 3.05) is 0 Å². The van der Waals surface area contributed by atoms with Crippen molar-refractivity contribution >= 4 is 5.91 Å². The number of nitrogens with one attached hydrogen (secondary N) is 1. The number of carbonyl (C=O) groups is 1. The van der Waals surface area contributed by atoms with Crippen LogP contribution in [0.15, 0.2) is 22.7 Å². The third-order valence-corrected chi connectivity index (χ3v) is 4.72. The maximum atomic E-state index is 13.5. The first-order chi connectivity index (χ1) is 10.8. The molecule has 0 bridgehead atoms. The van der Waals surface area contributed by atoms with E-state index in [0.717, 1.165) is 35.2 Å². The number of nitrogens with zero attached hydrogens (tertiary/aromatic N) is 1. The predicted molar refractivity (Wildman–Crippen MR) is 84.6 cm³/mol. The molecular formula is C18H21FN2O2. The van der Waals surface area contributed by atoms with Crippen LogP contribution in [-0.4, -0.2) is 11.1 Å².